The van der Waals surface area contributed by atoms with E-state index in [9.17, 15) is 0 Å². The van der Waals surface area contributed by atoms with Gasteiger partial charge in [0.05, 0.1) is 5.88 Å². The van der Waals surface area contributed by atoms with Crippen molar-refractivity contribution < 1.29 is 0 Å². The molecular formula is C11H11ClS2. The monoisotopic (exact) mass is 242 g/mol. The molecule has 74 valence electrons. The van der Waals surface area contributed by atoms with Gasteiger partial charge in [-0.3, -0.25) is 0 Å². The van der Waals surface area contributed by atoms with Gasteiger partial charge in [-0.05, 0) is 36.3 Å². The van der Waals surface area contributed by atoms with Crippen LogP contribution < -0.4 is 0 Å². The van der Waals surface area contributed by atoms with Crippen LogP contribution in [0.3, 0.4) is 0 Å². The summed E-state index contributed by atoms with van der Waals surface area (Å²) in [6, 6.07) is 6.61. The molecule has 0 aliphatic carbocycles. The van der Waals surface area contributed by atoms with Crippen molar-refractivity contribution in [2.45, 2.75) is 17.7 Å². The Balaban J connectivity index is 2.66. The summed E-state index contributed by atoms with van der Waals surface area (Å²) in [4.78, 5) is 2.61. The summed E-state index contributed by atoms with van der Waals surface area (Å²) in [5.41, 5.74) is 1.34. The van der Waals surface area contributed by atoms with E-state index in [0.29, 0.717) is 5.88 Å². The topological polar surface area (TPSA) is 0 Å². The summed E-state index contributed by atoms with van der Waals surface area (Å²) < 4.78 is 1.35. The summed E-state index contributed by atoms with van der Waals surface area (Å²) in [5, 5.41) is 1.35. The Morgan fingerprint density at radius 2 is 2.21 bits per heavy atom. The zero-order valence-electron chi connectivity index (χ0n) is 8.13. The van der Waals surface area contributed by atoms with E-state index in [-0.39, 0.29) is 0 Å². The Morgan fingerprint density at radius 1 is 1.43 bits per heavy atom. The third-order valence-electron chi connectivity index (χ3n) is 2.37. The summed E-state index contributed by atoms with van der Waals surface area (Å²) in [7, 11) is 0. The lowest BCUT2D eigenvalue weighted by atomic mass is 10.1. The van der Waals surface area contributed by atoms with Gasteiger partial charge in [0, 0.05) is 14.5 Å². The van der Waals surface area contributed by atoms with Gasteiger partial charge < -0.3 is 0 Å². The van der Waals surface area contributed by atoms with E-state index in [1.807, 2.05) is 11.3 Å². The third-order valence-corrected chi connectivity index (χ3v) is 4.77. The molecule has 2 aromatic rings. The molecule has 0 amide bonds. The Kier molecular flexibility index (Phi) is 3.05. The molecule has 0 aliphatic heterocycles. The predicted octanol–water partition coefficient (Wildman–Crippen LogP) is 4.67. The second-order valence-corrected chi connectivity index (χ2v) is 5.43. The first-order valence-corrected chi connectivity index (χ1v) is 6.96. The average Bonchev–Trinajstić information content (AvgIpc) is 2.55. The molecule has 3 heteroatoms. The van der Waals surface area contributed by atoms with Crippen molar-refractivity contribution in [1.82, 2.24) is 0 Å². The number of aryl methyl sites for hydroxylation is 1. The predicted molar refractivity (Wildman–Crippen MR) is 67.9 cm³/mol. The second kappa shape index (κ2) is 4.13. The van der Waals surface area contributed by atoms with E-state index in [4.69, 9.17) is 11.6 Å². The minimum atomic E-state index is 0.625. The Morgan fingerprint density at radius 3 is 2.86 bits per heavy atom. The Labute approximate surface area is 97.3 Å². The summed E-state index contributed by atoms with van der Waals surface area (Å²) in [6.45, 7) is 2.15. The number of rotatable bonds is 2. The third kappa shape index (κ3) is 1.67. The van der Waals surface area contributed by atoms with E-state index < -0.39 is 0 Å². The van der Waals surface area contributed by atoms with Gasteiger partial charge in [-0.1, -0.05) is 6.07 Å². The molecule has 0 aliphatic rings. The number of fused-ring (bicyclic) bond motifs is 1. The van der Waals surface area contributed by atoms with Gasteiger partial charge in [-0.15, -0.1) is 34.7 Å². The van der Waals surface area contributed by atoms with E-state index >= 15 is 0 Å². The van der Waals surface area contributed by atoms with Gasteiger partial charge in [0.2, 0.25) is 0 Å². The van der Waals surface area contributed by atoms with Crippen LogP contribution in [-0.4, -0.2) is 6.26 Å². The SMILES string of the molecule is CSc1ccc2c(C)c(CCl)sc2c1. The maximum absolute atomic E-state index is 5.88. The van der Waals surface area contributed by atoms with Crippen molar-refractivity contribution in [2.75, 3.05) is 6.26 Å². The molecule has 1 aromatic carbocycles. The Hall–Kier alpha value is -0.180. The maximum atomic E-state index is 5.88. The molecule has 0 saturated carbocycles. The van der Waals surface area contributed by atoms with Crippen molar-refractivity contribution in [3.8, 4) is 0 Å². The molecule has 1 aromatic heterocycles. The second-order valence-electron chi connectivity index (χ2n) is 3.15. The maximum Gasteiger partial charge on any atom is 0.0571 e. The van der Waals surface area contributed by atoms with Crippen LogP contribution in [0.5, 0.6) is 0 Å². The molecule has 1 heterocycles. The molecule has 0 bridgehead atoms. The highest BCUT2D eigenvalue weighted by atomic mass is 35.5. The summed E-state index contributed by atoms with van der Waals surface area (Å²) >= 11 is 9.47. The Bertz CT molecular complexity index is 460. The zero-order valence-corrected chi connectivity index (χ0v) is 10.5. The van der Waals surface area contributed by atoms with Gasteiger partial charge in [0.25, 0.3) is 0 Å². The van der Waals surface area contributed by atoms with Gasteiger partial charge in [0.1, 0.15) is 0 Å². The smallest absolute Gasteiger partial charge is 0.0571 e. The highest BCUT2D eigenvalue weighted by Gasteiger charge is 2.07. The normalized spacial score (nSPS) is 11.1. The number of thioether (sulfide) groups is 1. The van der Waals surface area contributed by atoms with E-state index in [2.05, 4.69) is 31.4 Å². The number of hydrogen-bond donors (Lipinski definition) is 0. The van der Waals surface area contributed by atoms with Gasteiger partial charge in [-0.25, -0.2) is 0 Å². The van der Waals surface area contributed by atoms with Crippen molar-refractivity contribution in [2.24, 2.45) is 0 Å². The first-order chi connectivity index (χ1) is 6.76. The van der Waals surface area contributed by atoms with Gasteiger partial charge in [0.15, 0.2) is 0 Å². The fourth-order valence-electron chi connectivity index (χ4n) is 1.51. The average molecular weight is 243 g/mol. The van der Waals surface area contributed by atoms with Gasteiger partial charge in [-0.2, -0.15) is 0 Å². The lowest BCUT2D eigenvalue weighted by Gasteiger charge is -1.96. The van der Waals surface area contributed by atoms with E-state index in [0.717, 1.165) is 0 Å². The van der Waals surface area contributed by atoms with Crippen molar-refractivity contribution >= 4 is 44.8 Å². The van der Waals surface area contributed by atoms with Crippen LogP contribution in [0.25, 0.3) is 10.1 Å². The molecule has 0 nitrogen and oxygen atoms in total. The highest BCUT2D eigenvalue weighted by Crippen LogP contribution is 2.33. The number of thiophene rings is 1. The lowest BCUT2D eigenvalue weighted by Crippen LogP contribution is -1.74. The highest BCUT2D eigenvalue weighted by molar-refractivity contribution is 7.98. The van der Waals surface area contributed by atoms with Crippen LogP contribution in [0.1, 0.15) is 10.4 Å². The molecule has 0 radical (unpaired) electrons. The van der Waals surface area contributed by atoms with Crippen LogP contribution in [0, 0.1) is 6.92 Å². The number of benzene rings is 1. The van der Waals surface area contributed by atoms with Crippen LogP contribution in [-0.2, 0) is 5.88 Å². The van der Waals surface area contributed by atoms with Crippen molar-refractivity contribution in [3.63, 3.8) is 0 Å². The molecule has 2 rings (SSSR count). The van der Waals surface area contributed by atoms with Crippen molar-refractivity contribution in [1.29, 1.82) is 0 Å². The number of halogens is 1. The molecule has 0 N–H and O–H groups in total. The molecule has 0 unspecified atom stereocenters. The lowest BCUT2D eigenvalue weighted by molar-refractivity contribution is 1.41. The van der Waals surface area contributed by atoms with Crippen LogP contribution in [0.15, 0.2) is 23.1 Å². The minimum absolute atomic E-state index is 0.625. The quantitative estimate of drug-likeness (QED) is 0.545. The standard InChI is InChI=1S/C11H11ClS2/c1-7-9-4-3-8(13-2)5-10(9)14-11(7)6-12/h3-5H,6H2,1-2H3. The minimum Gasteiger partial charge on any atom is -0.139 e. The first kappa shape index (κ1) is 10.3. The van der Waals surface area contributed by atoms with Crippen LogP contribution in [0.2, 0.25) is 0 Å². The molecule has 0 atom stereocenters. The van der Waals surface area contributed by atoms with E-state index in [1.165, 1.54) is 25.4 Å². The molecule has 0 saturated heterocycles. The largest absolute Gasteiger partial charge is 0.139 e. The van der Waals surface area contributed by atoms with Gasteiger partial charge >= 0.3 is 0 Å². The molecule has 0 spiro atoms. The zero-order chi connectivity index (χ0) is 10.1. The van der Waals surface area contributed by atoms with Crippen molar-refractivity contribution in [3.05, 3.63) is 28.6 Å². The fourth-order valence-corrected chi connectivity index (χ4v) is 3.49. The molecular weight excluding hydrogens is 232 g/mol. The number of alkyl halides is 1. The fraction of sp³-hybridized carbons (Fsp3) is 0.273. The number of hydrogen-bond acceptors (Lipinski definition) is 2. The first-order valence-electron chi connectivity index (χ1n) is 4.38. The van der Waals surface area contributed by atoms with Crippen LogP contribution in [0.4, 0.5) is 0 Å². The molecule has 0 fully saturated rings. The summed E-state index contributed by atoms with van der Waals surface area (Å²) in [5.74, 6) is 0.625. The molecule has 14 heavy (non-hydrogen) atoms. The van der Waals surface area contributed by atoms with E-state index in [1.54, 1.807) is 11.8 Å². The summed E-state index contributed by atoms with van der Waals surface area (Å²) in [6.07, 6.45) is 2.10. The van der Waals surface area contributed by atoms with Crippen LogP contribution >= 0.6 is 34.7 Å².